The van der Waals surface area contributed by atoms with Crippen LogP contribution in [0.5, 0.6) is 0 Å². The number of pyridine rings is 1. The molecule has 0 bridgehead atoms. The summed E-state index contributed by atoms with van der Waals surface area (Å²) in [4.78, 5) is 37.0. The second-order valence-electron chi connectivity index (χ2n) is 11.3. The molecule has 2 amide bonds. The summed E-state index contributed by atoms with van der Waals surface area (Å²) in [5, 5.41) is 1.51. The number of H-pyrrole nitrogens is 1. The molecule has 1 saturated heterocycles. The van der Waals surface area contributed by atoms with Crippen LogP contribution in [-0.4, -0.2) is 45.1 Å². The van der Waals surface area contributed by atoms with E-state index in [1.807, 2.05) is 96.1 Å². The molecule has 0 saturated carbocycles. The van der Waals surface area contributed by atoms with Crippen molar-refractivity contribution < 1.29 is 19.1 Å². The molecule has 2 aromatic carbocycles. The molecule has 7 nitrogen and oxygen atoms in total. The van der Waals surface area contributed by atoms with Crippen LogP contribution < -0.4 is 0 Å². The number of carbonyl (C=O) groups excluding carboxylic acids is 2. The fraction of sp³-hybridized carbons (Fsp3) is 0.344. The lowest BCUT2D eigenvalue weighted by atomic mass is 9.90. The number of aryl methyl sites for hydroxylation is 3. The van der Waals surface area contributed by atoms with E-state index in [4.69, 9.17) is 26.1 Å². The zero-order valence-corrected chi connectivity index (χ0v) is 24.4. The first kappa shape index (κ1) is 27.9. The van der Waals surface area contributed by atoms with Crippen molar-refractivity contribution in [3.8, 4) is 11.1 Å². The van der Waals surface area contributed by atoms with E-state index in [9.17, 15) is 9.59 Å². The molecular formula is C32H34ClN3O4. The Morgan fingerprint density at radius 1 is 1.12 bits per heavy atom. The van der Waals surface area contributed by atoms with Crippen LogP contribution in [0.3, 0.4) is 0 Å². The van der Waals surface area contributed by atoms with E-state index in [-0.39, 0.29) is 6.61 Å². The third-order valence-electron chi connectivity index (χ3n) is 7.27. The number of aromatic nitrogens is 2. The Kier molecular flexibility index (Phi) is 7.46. The molecule has 8 heteroatoms. The van der Waals surface area contributed by atoms with Gasteiger partial charge in [0.1, 0.15) is 12.3 Å². The van der Waals surface area contributed by atoms with Crippen molar-refractivity contribution in [2.75, 3.05) is 6.61 Å². The zero-order chi connectivity index (χ0) is 28.8. The monoisotopic (exact) mass is 559 g/mol. The van der Waals surface area contributed by atoms with Crippen molar-refractivity contribution in [1.82, 2.24) is 14.9 Å². The number of halogens is 1. The van der Waals surface area contributed by atoms with Gasteiger partial charge < -0.3 is 14.5 Å². The Morgan fingerprint density at radius 2 is 1.80 bits per heavy atom. The van der Waals surface area contributed by atoms with E-state index >= 15 is 0 Å². The molecule has 0 radical (unpaired) electrons. The van der Waals surface area contributed by atoms with E-state index in [1.165, 1.54) is 4.90 Å². The Hall–Kier alpha value is -3.68. The Morgan fingerprint density at radius 3 is 2.45 bits per heavy atom. The number of ether oxygens (including phenoxy) is 2. The molecule has 1 fully saturated rings. The predicted octanol–water partition coefficient (Wildman–Crippen LogP) is 7.25. The third-order valence-corrected chi connectivity index (χ3v) is 7.52. The molecule has 208 valence electrons. The minimum absolute atomic E-state index is 0.123. The first-order valence-corrected chi connectivity index (χ1v) is 13.8. The Bertz CT molecular complexity index is 1570. The van der Waals surface area contributed by atoms with Crippen LogP contribution in [0.1, 0.15) is 55.0 Å². The van der Waals surface area contributed by atoms with Gasteiger partial charge in [0.25, 0.3) is 5.91 Å². The molecule has 0 spiro atoms. The largest absolute Gasteiger partial charge is 0.447 e. The fourth-order valence-corrected chi connectivity index (χ4v) is 5.48. The molecule has 0 unspecified atom stereocenters. The second kappa shape index (κ2) is 10.7. The summed E-state index contributed by atoms with van der Waals surface area (Å²) in [5.41, 5.74) is 6.00. The second-order valence-corrected chi connectivity index (χ2v) is 11.8. The molecule has 1 aliphatic rings. The van der Waals surface area contributed by atoms with Gasteiger partial charge in [0.15, 0.2) is 6.10 Å². The summed E-state index contributed by atoms with van der Waals surface area (Å²) >= 11 is 6.25. The van der Waals surface area contributed by atoms with Crippen molar-refractivity contribution in [2.24, 2.45) is 0 Å². The van der Waals surface area contributed by atoms with Gasteiger partial charge in [0.2, 0.25) is 0 Å². The van der Waals surface area contributed by atoms with Gasteiger partial charge in [-0.3, -0.25) is 4.79 Å². The number of rotatable bonds is 6. The van der Waals surface area contributed by atoms with Crippen LogP contribution in [0, 0.1) is 20.8 Å². The summed E-state index contributed by atoms with van der Waals surface area (Å²) < 4.78 is 11.9. The zero-order valence-electron chi connectivity index (χ0n) is 23.7. The number of nitrogens with zero attached hydrogens (tertiary/aromatic N) is 2. The number of fused-ring (bicyclic) bond motifs is 1. The first-order valence-electron chi connectivity index (χ1n) is 13.4. The quantitative estimate of drug-likeness (QED) is 0.269. The van der Waals surface area contributed by atoms with Crippen LogP contribution in [0.4, 0.5) is 4.79 Å². The number of hydrogen-bond acceptors (Lipinski definition) is 5. The number of imide groups is 1. The van der Waals surface area contributed by atoms with E-state index in [2.05, 4.69) is 4.98 Å². The van der Waals surface area contributed by atoms with Gasteiger partial charge in [-0.1, -0.05) is 54.1 Å². The van der Waals surface area contributed by atoms with Gasteiger partial charge in [-0.05, 0) is 76.8 Å². The van der Waals surface area contributed by atoms with E-state index in [1.54, 1.807) is 0 Å². The number of nitrogens with one attached hydrogen (secondary N) is 1. The number of benzene rings is 2. The highest BCUT2D eigenvalue weighted by Gasteiger charge is 2.44. The van der Waals surface area contributed by atoms with Gasteiger partial charge in [-0.25, -0.2) is 14.7 Å². The van der Waals surface area contributed by atoms with Crippen molar-refractivity contribution in [1.29, 1.82) is 0 Å². The highest BCUT2D eigenvalue weighted by Crippen LogP contribution is 2.42. The van der Waals surface area contributed by atoms with Crippen LogP contribution in [0.2, 0.25) is 5.02 Å². The van der Waals surface area contributed by atoms with E-state index in [0.717, 1.165) is 39.0 Å². The van der Waals surface area contributed by atoms with Crippen LogP contribution in [0.15, 0.2) is 54.6 Å². The number of cyclic esters (lactones) is 1. The summed E-state index contributed by atoms with van der Waals surface area (Å²) in [6, 6.07) is 16.8. The summed E-state index contributed by atoms with van der Waals surface area (Å²) in [5.74, 6) is -0.470. The summed E-state index contributed by atoms with van der Waals surface area (Å²) in [6.45, 7) is 11.7. The molecule has 4 aromatic rings. The van der Waals surface area contributed by atoms with Gasteiger partial charge in [-0.15, -0.1) is 0 Å². The first-order chi connectivity index (χ1) is 18.9. The lowest BCUT2D eigenvalue weighted by molar-refractivity contribution is -0.152. The van der Waals surface area contributed by atoms with Crippen LogP contribution in [-0.2, 0) is 20.7 Å². The van der Waals surface area contributed by atoms with Crippen molar-refractivity contribution >= 4 is 34.6 Å². The molecular weight excluding hydrogens is 526 g/mol. The fourth-order valence-electron chi connectivity index (χ4n) is 5.35. The van der Waals surface area contributed by atoms with Crippen molar-refractivity contribution in [3.05, 3.63) is 87.7 Å². The SMILES string of the molecule is Cc1nc2[nH]c(C)c(C)c2c(-c2ccc(Cl)cc2)c1[C@H](OC(C)(C)C)C(=O)N1C(=O)OC[C@H]1Cc1ccccc1. The molecule has 3 heterocycles. The molecule has 1 N–H and O–H groups in total. The van der Waals surface area contributed by atoms with Gasteiger partial charge in [-0.2, -0.15) is 0 Å². The molecule has 2 atom stereocenters. The highest BCUT2D eigenvalue weighted by molar-refractivity contribution is 6.30. The molecule has 40 heavy (non-hydrogen) atoms. The topological polar surface area (TPSA) is 84.5 Å². The molecule has 5 rings (SSSR count). The molecule has 0 aliphatic carbocycles. The lowest BCUT2D eigenvalue weighted by Gasteiger charge is -2.32. The average molecular weight is 560 g/mol. The Balaban J connectivity index is 1.70. The highest BCUT2D eigenvalue weighted by atomic mass is 35.5. The van der Waals surface area contributed by atoms with Gasteiger partial charge >= 0.3 is 6.09 Å². The minimum Gasteiger partial charge on any atom is -0.447 e. The smallest absolute Gasteiger partial charge is 0.417 e. The van der Waals surface area contributed by atoms with Crippen LogP contribution in [0.25, 0.3) is 22.2 Å². The van der Waals surface area contributed by atoms with Crippen molar-refractivity contribution in [2.45, 2.75) is 65.7 Å². The molecule has 2 aromatic heterocycles. The number of carbonyl (C=O) groups is 2. The number of hydrogen-bond donors (Lipinski definition) is 1. The molecule has 1 aliphatic heterocycles. The maximum absolute atomic E-state index is 14.5. The summed E-state index contributed by atoms with van der Waals surface area (Å²) in [7, 11) is 0. The van der Waals surface area contributed by atoms with E-state index in [0.29, 0.717) is 22.7 Å². The lowest BCUT2D eigenvalue weighted by Crippen LogP contribution is -2.45. The predicted molar refractivity (Wildman–Crippen MR) is 156 cm³/mol. The number of aromatic amines is 1. The normalized spacial score (nSPS) is 16.4. The standard InChI is InChI=1S/C32H34ClN3O4/c1-18-19(2)34-29-25(18)27(22-12-14-23(33)15-13-22)26(20(3)35-29)28(40-32(4,5)6)30(37)36-24(17-39-31(36)38)16-21-10-8-7-9-11-21/h7-15,24,28H,16-17H2,1-6H3,(H,34,35)/t24-,28+/m1/s1. The minimum atomic E-state index is -1.11. The van der Waals surface area contributed by atoms with Gasteiger partial charge in [0, 0.05) is 32.9 Å². The summed E-state index contributed by atoms with van der Waals surface area (Å²) in [6.07, 6.45) is -1.29. The van der Waals surface area contributed by atoms with Crippen molar-refractivity contribution in [3.63, 3.8) is 0 Å². The third kappa shape index (κ3) is 5.36. The maximum Gasteiger partial charge on any atom is 0.417 e. The van der Waals surface area contributed by atoms with Crippen LogP contribution >= 0.6 is 11.6 Å². The van der Waals surface area contributed by atoms with Gasteiger partial charge in [0.05, 0.1) is 11.6 Å². The van der Waals surface area contributed by atoms with E-state index < -0.39 is 29.7 Å². The maximum atomic E-state index is 14.5. The number of amides is 2. The average Bonchev–Trinajstić information content (AvgIpc) is 3.39. The Labute approximate surface area is 239 Å².